The van der Waals surface area contributed by atoms with Crippen LogP contribution in [-0.2, 0) is 0 Å². The summed E-state index contributed by atoms with van der Waals surface area (Å²) in [6.45, 7) is 14.6. The average molecular weight is 364 g/mol. The van der Waals surface area contributed by atoms with Crippen molar-refractivity contribution in [2.45, 2.75) is 40.2 Å². The number of anilines is 3. The van der Waals surface area contributed by atoms with Crippen LogP contribution in [0.4, 0.5) is 17.3 Å². The van der Waals surface area contributed by atoms with Gasteiger partial charge in [-0.1, -0.05) is 0 Å². The van der Waals surface area contributed by atoms with E-state index in [2.05, 4.69) is 51.9 Å². The Morgan fingerprint density at radius 1 is 1.00 bits per heavy atom. The van der Waals surface area contributed by atoms with Crippen LogP contribution < -0.4 is 10.2 Å². The number of nitrogens with one attached hydrogen (secondary N) is 1. The zero-order valence-electron chi connectivity index (χ0n) is 16.9. The van der Waals surface area contributed by atoms with Crippen LogP contribution in [0.2, 0.25) is 0 Å². The van der Waals surface area contributed by atoms with Crippen LogP contribution in [0.5, 0.6) is 0 Å². The van der Waals surface area contributed by atoms with Crippen molar-refractivity contribution in [2.75, 3.05) is 36.4 Å². The number of rotatable bonds is 3. The Hall–Kier alpha value is -2.65. The van der Waals surface area contributed by atoms with Gasteiger partial charge in [0.25, 0.3) is 0 Å². The predicted octanol–water partition coefficient (Wildman–Crippen LogP) is 3.63. The van der Waals surface area contributed by atoms with E-state index in [0.29, 0.717) is 11.5 Å². The van der Waals surface area contributed by atoms with Gasteiger partial charge in [0.15, 0.2) is 0 Å². The molecule has 27 heavy (non-hydrogen) atoms. The second-order valence-electron chi connectivity index (χ2n) is 8.09. The van der Waals surface area contributed by atoms with E-state index >= 15 is 0 Å². The van der Waals surface area contributed by atoms with Crippen LogP contribution in [0.3, 0.4) is 0 Å². The molecule has 0 bridgehead atoms. The summed E-state index contributed by atoms with van der Waals surface area (Å²) >= 11 is 0. The normalized spacial score (nSPS) is 15.5. The Morgan fingerprint density at radius 2 is 1.63 bits per heavy atom. The Labute approximate surface area is 161 Å². The number of aryl methyl sites for hydroxylation is 2. The molecular weight excluding hydrogens is 336 g/mol. The van der Waals surface area contributed by atoms with Crippen molar-refractivity contribution in [3.8, 4) is 6.07 Å². The predicted molar refractivity (Wildman–Crippen MR) is 109 cm³/mol. The van der Waals surface area contributed by atoms with Crippen molar-refractivity contribution in [3.05, 3.63) is 41.2 Å². The van der Waals surface area contributed by atoms with Gasteiger partial charge in [0.1, 0.15) is 0 Å². The number of hydrogen-bond donors (Lipinski definition) is 1. The lowest BCUT2D eigenvalue weighted by Crippen LogP contribution is -2.53. The highest BCUT2D eigenvalue weighted by atomic mass is 15.3. The summed E-state index contributed by atoms with van der Waals surface area (Å²) in [6, 6.07) is 9.95. The van der Waals surface area contributed by atoms with Crippen molar-refractivity contribution >= 4 is 17.3 Å². The molecule has 0 amide bonds. The quantitative estimate of drug-likeness (QED) is 0.897. The van der Waals surface area contributed by atoms with Crippen molar-refractivity contribution in [2.24, 2.45) is 0 Å². The SMILES string of the molecule is Cc1cc(C)nc(Nc2cc(C#N)ccc2N2CCN(C(C)(C)C)CC2)n1. The van der Waals surface area contributed by atoms with Crippen molar-refractivity contribution in [1.82, 2.24) is 14.9 Å². The van der Waals surface area contributed by atoms with Gasteiger partial charge in [-0.3, -0.25) is 4.90 Å². The summed E-state index contributed by atoms with van der Waals surface area (Å²) in [4.78, 5) is 13.8. The highest BCUT2D eigenvalue weighted by Gasteiger charge is 2.26. The maximum absolute atomic E-state index is 9.31. The lowest BCUT2D eigenvalue weighted by Gasteiger charge is -2.43. The lowest BCUT2D eigenvalue weighted by atomic mass is 10.0. The molecule has 1 aromatic heterocycles. The van der Waals surface area contributed by atoms with E-state index in [-0.39, 0.29) is 5.54 Å². The summed E-state index contributed by atoms with van der Waals surface area (Å²) in [6.07, 6.45) is 0. The van der Waals surface area contributed by atoms with Crippen LogP contribution in [0.1, 0.15) is 37.7 Å². The van der Waals surface area contributed by atoms with E-state index < -0.39 is 0 Å². The minimum absolute atomic E-state index is 0.185. The molecule has 1 N–H and O–H groups in total. The summed E-state index contributed by atoms with van der Waals surface area (Å²) in [7, 11) is 0. The fraction of sp³-hybridized carbons (Fsp3) is 0.476. The fourth-order valence-electron chi connectivity index (χ4n) is 3.50. The standard InChI is InChI=1S/C21H28N6/c1-15-12-16(2)24-20(23-15)25-18-13-17(14-22)6-7-19(18)26-8-10-27(11-9-26)21(3,4)5/h6-7,12-13H,8-11H2,1-5H3,(H,23,24,25). The van der Waals surface area contributed by atoms with E-state index in [4.69, 9.17) is 0 Å². The maximum atomic E-state index is 9.31. The summed E-state index contributed by atoms with van der Waals surface area (Å²) in [5.74, 6) is 0.567. The number of aromatic nitrogens is 2. The number of piperazine rings is 1. The van der Waals surface area contributed by atoms with Gasteiger partial charge in [0.2, 0.25) is 5.95 Å². The molecule has 142 valence electrons. The van der Waals surface area contributed by atoms with Gasteiger partial charge in [-0.15, -0.1) is 0 Å². The largest absolute Gasteiger partial charge is 0.367 e. The smallest absolute Gasteiger partial charge is 0.227 e. The fourth-order valence-corrected chi connectivity index (χ4v) is 3.50. The Morgan fingerprint density at radius 3 is 2.19 bits per heavy atom. The van der Waals surface area contributed by atoms with Crippen molar-refractivity contribution in [3.63, 3.8) is 0 Å². The van der Waals surface area contributed by atoms with E-state index in [9.17, 15) is 5.26 Å². The Bertz CT molecular complexity index is 834. The third kappa shape index (κ3) is 4.55. The third-order valence-corrected chi connectivity index (χ3v) is 4.92. The molecule has 3 rings (SSSR count). The minimum atomic E-state index is 0.185. The molecule has 1 aliphatic rings. The number of hydrogen-bond acceptors (Lipinski definition) is 6. The monoisotopic (exact) mass is 364 g/mol. The van der Waals surface area contributed by atoms with Gasteiger partial charge in [-0.2, -0.15) is 5.26 Å². The van der Waals surface area contributed by atoms with Gasteiger partial charge < -0.3 is 10.2 Å². The molecular formula is C21H28N6. The molecule has 0 spiro atoms. The van der Waals surface area contributed by atoms with E-state index in [1.165, 1.54) is 0 Å². The Balaban J connectivity index is 1.87. The molecule has 2 aromatic rings. The second-order valence-corrected chi connectivity index (χ2v) is 8.09. The number of nitriles is 1. The van der Waals surface area contributed by atoms with Crippen molar-refractivity contribution < 1.29 is 0 Å². The first-order chi connectivity index (χ1) is 12.8. The highest BCUT2D eigenvalue weighted by molar-refractivity contribution is 5.75. The molecule has 6 nitrogen and oxygen atoms in total. The molecule has 0 unspecified atom stereocenters. The lowest BCUT2D eigenvalue weighted by molar-refractivity contribution is 0.128. The summed E-state index contributed by atoms with van der Waals surface area (Å²) < 4.78 is 0. The van der Waals surface area contributed by atoms with E-state index in [1.54, 1.807) is 0 Å². The average Bonchev–Trinajstić information content (AvgIpc) is 2.60. The first kappa shape index (κ1) is 19.1. The molecule has 6 heteroatoms. The van der Waals surface area contributed by atoms with E-state index in [1.807, 2.05) is 38.1 Å². The summed E-state index contributed by atoms with van der Waals surface area (Å²) in [5.41, 5.74) is 4.61. The van der Waals surface area contributed by atoms with Crippen molar-refractivity contribution in [1.29, 1.82) is 5.26 Å². The van der Waals surface area contributed by atoms with Crippen LogP contribution in [-0.4, -0.2) is 46.6 Å². The highest BCUT2D eigenvalue weighted by Crippen LogP contribution is 2.31. The molecule has 0 atom stereocenters. The first-order valence-corrected chi connectivity index (χ1v) is 9.40. The molecule has 0 radical (unpaired) electrons. The molecule has 2 heterocycles. The molecule has 1 aliphatic heterocycles. The second kappa shape index (κ2) is 7.53. The van der Waals surface area contributed by atoms with Crippen LogP contribution in [0.15, 0.2) is 24.3 Å². The van der Waals surface area contributed by atoms with Gasteiger partial charge >= 0.3 is 0 Å². The zero-order valence-corrected chi connectivity index (χ0v) is 16.9. The van der Waals surface area contributed by atoms with Gasteiger partial charge in [0.05, 0.1) is 23.0 Å². The topological polar surface area (TPSA) is 68.1 Å². The van der Waals surface area contributed by atoms with Crippen LogP contribution in [0, 0.1) is 25.2 Å². The summed E-state index contributed by atoms with van der Waals surface area (Å²) in [5, 5.41) is 12.7. The Kier molecular flexibility index (Phi) is 5.33. The van der Waals surface area contributed by atoms with Crippen LogP contribution >= 0.6 is 0 Å². The minimum Gasteiger partial charge on any atom is -0.367 e. The molecule has 0 saturated carbocycles. The number of nitrogens with zero attached hydrogens (tertiary/aromatic N) is 5. The van der Waals surface area contributed by atoms with Crippen LogP contribution in [0.25, 0.3) is 0 Å². The molecule has 1 aromatic carbocycles. The number of benzene rings is 1. The maximum Gasteiger partial charge on any atom is 0.227 e. The van der Waals surface area contributed by atoms with Gasteiger partial charge in [0, 0.05) is 43.1 Å². The first-order valence-electron chi connectivity index (χ1n) is 9.40. The molecule has 0 aliphatic carbocycles. The van der Waals surface area contributed by atoms with E-state index in [0.717, 1.165) is 48.9 Å². The molecule has 1 fully saturated rings. The van der Waals surface area contributed by atoms with Gasteiger partial charge in [-0.05, 0) is 58.9 Å². The zero-order chi connectivity index (χ0) is 19.6. The third-order valence-electron chi connectivity index (χ3n) is 4.92. The van der Waals surface area contributed by atoms with Gasteiger partial charge in [-0.25, -0.2) is 9.97 Å². The molecule has 1 saturated heterocycles.